The number of methoxy groups -OCH3 is 1. The molecule has 76 valence electrons. The molecule has 0 aliphatic heterocycles. The Labute approximate surface area is 84.9 Å². The van der Waals surface area contributed by atoms with E-state index in [0.29, 0.717) is 13.0 Å². The molecule has 0 saturated heterocycles. The molecule has 0 unspecified atom stereocenters. The van der Waals surface area contributed by atoms with E-state index in [9.17, 15) is 4.79 Å². The summed E-state index contributed by atoms with van der Waals surface area (Å²) >= 11 is 0. The van der Waals surface area contributed by atoms with Gasteiger partial charge in [0.2, 0.25) is 0 Å². The zero-order chi connectivity index (χ0) is 10.6. The van der Waals surface area contributed by atoms with Crippen LogP contribution < -0.4 is 0 Å². The van der Waals surface area contributed by atoms with Crippen LogP contribution in [0.15, 0.2) is 18.2 Å². The molecule has 2 nitrogen and oxygen atoms in total. The summed E-state index contributed by atoms with van der Waals surface area (Å²) in [4.78, 5) is 11.6. The Morgan fingerprint density at radius 2 is 2.00 bits per heavy atom. The van der Waals surface area contributed by atoms with Crippen molar-refractivity contribution in [2.75, 3.05) is 13.7 Å². The molecule has 0 aliphatic carbocycles. The van der Waals surface area contributed by atoms with Crippen LogP contribution in [0.25, 0.3) is 0 Å². The first-order valence-electron chi connectivity index (χ1n) is 4.74. The maximum atomic E-state index is 11.6. The van der Waals surface area contributed by atoms with Crippen LogP contribution in [0.3, 0.4) is 0 Å². The molecule has 1 rings (SSSR count). The van der Waals surface area contributed by atoms with Gasteiger partial charge in [-0.25, -0.2) is 0 Å². The summed E-state index contributed by atoms with van der Waals surface area (Å²) in [6.07, 6.45) is 0.457. The number of ether oxygens (including phenoxy) is 1. The van der Waals surface area contributed by atoms with Gasteiger partial charge in [-0.1, -0.05) is 12.1 Å². The van der Waals surface area contributed by atoms with Crippen molar-refractivity contribution in [3.63, 3.8) is 0 Å². The highest BCUT2D eigenvalue weighted by Gasteiger charge is 2.05. The Morgan fingerprint density at radius 1 is 1.29 bits per heavy atom. The molecular weight excluding hydrogens is 176 g/mol. The van der Waals surface area contributed by atoms with Gasteiger partial charge in [0, 0.05) is 19.1 Å². The van der Waals surface area contributed by atoms with Gasteiger partial charge in [-0.3, -0.25) is 4.79 Å². The molecular formula is C12H16O2. The van der Waals surface area contributed by atoms with Gasteiger partial charge >= 0.3 is 0 Å². The zero-order valence-corrected chi connectivity index (χ0v) is 8.96. The summed E-state index contributed by atoms with van der Waals surface area (Å²) in [5.74, 6) is 0.148. The Balaban J connectivity index is 2.76. The smallest absolute Gasteiger partial charge is 0.165 e. The Morgan fingerprint density at radius 3 is 2.57 bits per heavy atom. The highest BCUT2D eigenvalue weighted by atomic mass is 16.5. The Bertz CT molecular complexity index is 329. The van der Waals surface area contributed by atoms with E-state index in [1.807, 2.05) is 32.0 Å². The molecule has 0 fully saturated rings. The van der Waals surface area contributed by atoms with Gasteiger partial charge in [0.15, 0.2) is 5.78 Å². The molecule has 0 spiro atoms. The second-order valence-corrected chi connectivity index (χ2v) is 3.47. The molecule has 0 heterocycles. The number of ketones is 1. The molecule has 0 bridgehead atoms. The number of carbonyl (C=O) groups is 1. The lowest BCUT2D eigenvalue weighted by atomic mass is 10.0. The monoisotopic (exact) mass is 192 g/mol. The van der Waals surface area contributed by atoms with E-state index in [1.54, 1.807) is 7.11 Å². The van der Waals surface area contributed by atoms with Crippen molar-refractivity contribution in [1.82, 2.24) is 0 Å². The van der Waals surface area contributed by atoms with Gasteiger partial charge < -0.3 is 4.74 Å². The standard InChI is InChI=1S/C12H16O2/c1-9-4-5-11(8-10(9)2)12(13)6-7-14-3/h4-5,8H,6-7H2,1-3H3. The number of hydrogen-bond acceptors (Lipinski definition) is 2. The maximum Gasteiger partial charge on any atom is 0.165 e. The highest BCUT2D eigenvalue weighted by molar-refractivity contribution is 5.96. The van der Waals surface area contributed by atoms with Crippen LogP contribution in [0.2, 0.25) is 0 Å². The lowest BCUT2D eigenvalue weighted by Gasteiger charge is -2.04. The number of benzene rings is 1. The number of rotatable bonds is 4. The summed E-state index contributed by atoms with van der Waals surface area (Å²) in [5, 5.41) is 0. The maximum absolute atomic E-state index is 11.6. The van der Waals surface area contributed by atoms with Gasteiger partial charge in [-0.15, -0.1) is 0 Å². The largest absolute Gasteiger partial charge is 0.384 e. The van der Waals surface area contributed by atoms with Gasteiger partial charge in [0.1, 0.15) is 0 Å². The third-order valence-electron chi connectivity index (χ3n) is 2.36. The van der Waals surface area contributed by atoms with Crippen molar-refractivity contribution >= 4 is 5.78 Å². The Kier molecular flexibility index (Phi) is 3.84. The van der Waals surface area contributed by atoms with Gasteiger partial charge in [0.05, 0.1) is 6.61 Å². The van der Waals surface area contributed by atoms with Crippen LogP contribution in [0.4, 0.5) is 0 Å². The third kappa shape index (κ3) is 2.67. The predicted molar refractivity (Wildman–Crippen MR) is 56.7 cm³/mol. The molecule has 0 aromatic heterocycles. The van der Waals surface area contributed by atoms with E-state index < -0.39 is 0 Å². The molecule has 0 aliphatic rings. The van der Waals surface area contributed by atoms with Crippen LogP contribution in [0.1, 0.15) is 27.9 Å². The van der Waals surface area contributed by atoms with Crippen molar-refractivity contribution < 1.29 is 9.53 Å². The van der Waals surface area contributed by atoms with Crippen LogP contribution in [-0.4, -0.2) is 19.5 Å². The fourth-order valence-electron chi connectivity index (χ4n) is 1.25. The average Bonchev–Trinajstić information content (AvgIpc) is 2.18. The number of aryl methyl sites for hydroxylation is 2. The quantitative estimate of drug-likeness (QED) is 0.685. The van der Waals surface area contributed by atoms with Gasteiger partial charge in [-0.2, -0.15) is 0 Å². The summed E-state index contributed by atoms with van der Waals surface area (Å²) in [7, 11) is 1.60. The highest BCUT2D eigenvalue weighted by Crippen LogP contribution is 2.11. The molecule has 0 radical (unpaired) electrons. The summed E-state index contributed by atoms with van der Waals surface area (Å²) in [6.45, 7) is 4.55. The second-order valence-electron chi connectivity index (χ2n) is 3.47. The molecule has 0 N–H and O–H groups in total. The lowest BCUT2D eigenvalue weighted by Crippen LogP contribution is -2.03. The second kappa shape index (κ2) is 4.91. The van der Waals surface area contributed by atoms with E-state index in [0.717, 1.165) is 11.1 Å². The molecule has 0 atom stereocenters. The van der Waals surface area contributed by atoms with Gasteiger partial charge in [-0.05, 0) is 31.0 Å². The fraction of sp³-hybridized carbons (Fsp3) is 0.417. The molecule has 1 aromatic carbocycles. The Hall–Kier alpha value is -1.15. The number of Topliss-reactive ketones (excluding diaryl/α,β-unsaturated/α-hetero) is 1. The SMILES string of the molecule is COCCC(=O)c1ccc(C)c(C)c1. The average molecular weight is 192 g/mol. The van der Waals surface area contributed by atoms with Gasteiger partial charge in [0.25, 0.3) is 0 Å². The predicted octanol–water partition coefficient (Wildman–Crippen LogP) is 2.52. The molecule has 0 saturated carbocycles. The first kappa shape index (κ1) is 10.9. The molecule has 14 heavy (non-hydrogen) atoms. The van der Waals surface area contributed by atoms with Crippen molar-refractivity contribution in [3.8, 4) is 0 Å². The zero-order valence-electron chi connectivity index (χ0n) is 8.96. The first-order chi connectivity index (χ1) is 6.65. The molecule has 1 aromatic rings. The van der Waals surface area contributed by atoms with Crippen LogP contribution in [0.5, 0.6) is 0 Å². The molecule has 0 amide bonds. The minimum atomic E-state index is 0.148. The van der Waals surface area contributed by atoms with E-state index >= 15 is 0 Å². The van der Waals surface area contributed by atoms with Crippen molar-refractivity contribution in [2.24, 2.45) is 0 Å². The van der Waals surface area contributed by atoms with Crippen LogP contribution in [0, 0.1) is 13.8 Å². The van der Waals surface area contributed by atoms with Crippen molar-refractivity contribution in [1.29, 1.82) is 0 Å². The fourth-order valence-corrected chi connectivity index (χ4v) is 1.25. The summed E-state index contributed by atoms with van der Waals surface area (Å²) in [5.41, 5.74) is 3.16. The number of carbonyl (C=O) groups excluding carboxylic acids is 1. The van der Waals surface area contributed by atoms with E-state index in [4.69, 9.17) is 4.74 Å². The summed E-state index contributed by atoms with van der Waals surface area (Å²) in [6, 6.07) is 5.79. The minimum absolute atomic E-state index is 0.148. The van der Waals surface area contributed by atoms with E-state index in [-0.39, 0.29) is 5.78 Å². The normalized spacial score (nSPS) is 10.2. The van der Waals surface area contributed by atoms with Crippen molar-refractivity contribution in [3.05, 3.63) is 34.9 Å². The van der Waals surface area contributed by atoms with Crippen LogP contribution in [-0.2, 0) is 4.74 Å². The summed E-state index contributed by atoms with van der Waals surface area (Å²) < 4.78 is 4.87. The number of hydrogen-bond donors (Lipinski definition) is 0. The lowest BCUT2D eigenvalue weighted by molar-refractivity contribution is 0.0932. The third-order valence-corrected chi connectivity index (χ3v) is 2.36. The molecule has 2 heteroatoms. The topological polar surface area (TPSA) is 26.3 Å². The van der Waals surface area contributed by atoms with Crippen LogP contribution >= 0.6 is 0 Å². The minimum Gasteiger partial charge on any atom is -0.384 e. The van der Waals surface area contributed by atoms with Crippen molar-refractivity contribution in [2.45, 2.75) is 20.3 Å². The van der Waals surface area contributed by atoms with E-state index in [1.165, 1.54) is 5.56 Å². The van der Waals surface area contributed by atoms with E-state index in [2.05, 4.69) is 0 Å². The first-order valence-corrected chi connectivity index (χ1v) is 4.74.